The number of rotatable bonds is 6. The Labute approximate surface area is 119 Å². The molecular weight excluding hydrogens is 256 g/mol. The molecule has 1 aliphatic rings. The van der Waals surface area contributed by atoms with Crippen LogP contribution in [0.2, 0.25) is 0 Å². The SMILES string of the molecule is CCCCCCNC(=O)Nc1cccc2c1OCCO2. The Morgan fingerprint density at radius 3 is 2.90 bits per heavy atom. The van der Waals surface area contributed by atoms with Gasteiger partial charge in [0.15, 0.2) is 11.5 Å². The molecule has 0 aliphatic carbocycles. The maximum atomic E-state index is 11.8. The summed E-state index contributed by atoms with van der Waals surface area (Å²) in [6, 6.07) is 5.28. The largest absolute Gasteiger partial charge is 0.486 e. The second kappa shape index (κ2) is 7.62. The molecule has 1 aliphatic heterocycles. The number of carbonyl (C=O) groups excluding carboxylic acids is 1. The molecule has 2 rings (SSSR count). The van der Waals surface area contributed by atoms with Crippen molar-refractivity contribution in [1.29, 1.82) is 0 Å². The minimum atomic E-state index is -0.205. The number of para-hydroxylation sites is 1. The first-order valence-corrected chi connectivity index (χ1v) is 7.24. The van der Waals surface area contributed by atoms with E-state index >= 15 is 0 Å². The first-order valence-electron chi connectivity index (χ1n) is 7.24. The topological polar surface area (TPSA) is 59.6 Å². The summed E-state index contributed by atoms with van der Waals surface area (Å²) in [5.41, 5.74) is 0.647. The molecule has 0 fully saturated rings. The predicted octanol–water partition coefficient (Wildman–Crippen LogP) is 3.16. The van der Waals surface area contributed by atoms with Gasteiger partial charge < -0.3 is 20.1 Å². The van der Waals surface area contributed by atoms with Gasteiger partial charge in [0.1, 0.15) is 13.2 Å². The average molecular weight is 278 g/mol. The molecule has 1 aromatic rings. The molecule has 0 spiro atoms. The predicted molar refractivity (Wildman–Crippen MR) is 78.6 cm³/mol. The number of carbonyl (C=O) groups is 1. The maximum Gasteiger partial charge on any atom is 0.319 e. The van der Waals surface area contributed by atoms with Crippen LogP contribution in [0.1, 0.15) is 32.6 Å². The van der Waals surface area contributed by atoms with Crippen molar-refractivity contribution < 1.29 is 14.3 Å². The van der Waals surface area contributed by atoms with E-state index in [4.69, 9.17) is 9.47 Å². The fourth-order valence-electron chi connectivity index (χ4n) is 2.09. The molecule has 2 N–H and O–H groups in total. The number of anilines is 1. The van der Waals surface area contributed by atoms with Gasteiger partial charge in [-0.3, -0.25) is 0 Å². The van der Waals surface area contributed by atoms with Crippen molar-refractivity contribution in [2.45, 2.75) is 32.6 Å². The lowest BCUT2D eigenvalue weighted by Gasteiger charge is -2.21. The number of nitrogens with one attached hydrogen (secondary N) is 2. The van der Waals surface area contributed by atoms with E-state index in [1.54, 1.807) is 0 Å². The fraction of sp³-hybridized carbons (Fsp3) is 0.533. The summed E-state index contributed by atoms with van der Waals surface area (Å²) in [5.74, 6) is 1.29. The van der Waals surface area contributed by atoms with Crippen LogP contribution in [-0.2, 0) is 0 Å². The molecule has 5 nitrogen and oxygen atoms in total. The van der Waals surface area contributed by atoms with E-state index in [0.717, 1.165) is 12.8 Å². The average Bonchev–Trinajstić information content (AvgIpc) is 2.47. The number of benzene rings is 1. The molecule has 0 radical (unpaired) electrons. The molecule has 2 amide bonds. The van der Waals surface area contributed by atoms with Crippen molar-refractivity contribution in [2.24, 2.45) is 0 Å². The molecule has 0 saturated heterocycles. The zero-order chi connectivity index (χ0) is 14.2. The molecule has 110 valence electrons. The zero-order valence-corrected chi connectivity index (χ0v) is 11.9. The normalized spacial score (nSPS) is 12.8. The quantitative estimate of drug-likeness (QED) is 0.786. The van der Waals surface area contributed by atoms with Gasteiger partial charge >= 0.3 is 6.03 Å². The van der Waals surface area contributed by atoms with Crippen molar-refractivity contribution in [2.75, 3.05) is 25.1 Å². The third-order valence-corrected chi connectivity index (χ3v) is 3.13. The number of urea groups is 1. The number of ether oxygens (including phenoxy) is 2. The molecule has 0 aromatic heterocycles. The van der Waals surface area contributed by atoms with Gasteiger partial charge in [0.05, 0.1) is 5.69 Å². The molecular formula is C15H22N2O3. The van der Waals surface area contributed by atoms with Crippen LogP contribution in [0, 0.1) is 0 Å². The summed E-state index contributed by atoms with van der Waals surface area (Å²) in [7, 11) is 0. The lowest BCUT2D eigenvalue weighted by Crippen LogP contribution is -2.30. The number of amides is 2. The van der Waals surface area contributed by atoms with Gasteiger partial charge in [0.2, 0.25) is 0 Å². The Balaban J connectivity index is 1.82. The van der Waals surface area contributed by atoms with Crippen LogP contribution in [0.25, 0.3) is 0 Å². The monoisotopic (exact) mass is 278 g/mol. The van der Waals surface area contributed by atoms with Gasteiger partial charge in [-0.1, -0.05) is 32.3 Å². The van der Waals surface area contributed by atoms with E-state index in [1.807, 2.05) is 18.2 Å². The molecule has 0 unspecified atom stereocenters. The summed E-state index contributed by atoms with van der Waals surface area (Å²) in [5, 5.41) is 5.66. The third-order valence-electron chi connectivity index (χ3n) is 3.13. The number of unbranched alkanes of at least 4 members (excludes halogenated alkanes) is 3. The minimum absolute atomic E-state index is 0.205. The lowest BCUT2D eigenvalue weighted by molar-refractivity contribution is 0.172. The maximum absolute atomic E-state index is 11.8. The second-order valence-corrected chi connectivity index (χ2v) is 4.77. The first-order chi connectivity index (χ1) is 9.81. The summed E-state index contributed by atoms with van der Waals surface area (Å²) in [6.07, 6.45) is 4.56. The van der Waals surface area contributed by atoms with Crippen molar-refractivity contribution in [1.82, 2.24) is 5.32 Å². The van der Waals surface area contributed by atoms with E-state index in [-0.39, 0.29) is 6.03 Å². The Bertz CT molecular complexity index is 449. The van der Waals surface area contributed by atoms with Gasteiger partial charge in [-0.25, -0.2) is 4.79 Å². The van der Waals surface area contributed by atoms with Crippen LogP contribution in [0.15, 0.2) is 18.2 Å². The minimum Gasteiger partial charge on any atom is -0.486 e. The standard InChI is InChI=1S/C15H22N2O3/c1-2-3-4-5-9-16-15(18)17-12-7-6-8-13-14(12)20-11-10-19-13/h6-8H,2-5,9-11H2,1H3,(H2,16,17,18). The van der Waals surface area contributed by atoms with Gasteiger partial charge in [-0.05, 0) is 18.6 Å². The highest BCUT2D eigenvalue weighted by Crippen LogP contribution is 2.37. The van der Waals surface area contributed by atoms with Crippen LogP contribution in [0.4, 0.5) is 10.5 Å². The highest BCUT2D eigenvalue weighted by Gasteiger charge is 2.16. The summed E-state index contributed by atoms with van der Waals surface area (Å²) < 4.78 is 11.0. The van der Waals surface area contributed by atoms with Crippen LogP contribution < -0.4 is 20.1 Å². The van der Waals surface area contributed by atoms with E-state index < -0.39 is 0 Å². The highest BCUT2D eigenvalue weighted by molar-refractivity contribution is 5.91. The Morgan fingerprint density at radius 1 is 1.20 bits per heavy atom. The third kappa shape index (κ3) is 4.05. The van der Waals surface area contributed by atoms with Crippen molar-refractivity contribution in [3.8, 4) is 11.5 Å². The summed E-state index contributed by atoms with van der Waals surface area (Å²) >= 11 is 0. The Morgan fingerprint density at radius 2 is 2.05 bits per heavy atom. The Kier molecular flexibility index (Phi) is 5.53. The summed E-state index contributed by atoms with van der Waals surface area (Å²) in [6.45, 7) is 3.91. The molecule has 0 saturated carbocycles. The molecule has 20 heavy (non-hydrogen) atoms. The first kappa shape index (κ1) is 14.5. The molecule has 0 atom stereocenters. The van der Waals surface area contributed by atoms with E-state index in [2.05, 4.69) is 17.6 Å². The number of fused-ring (bicyclic) bond motifs is 1. The van der Waals surface area contributed by atoms with Crippen molar-refractivity contribution >= 4 is 11.7 Å². The Hall–Kier alpha value is -1.91. The van der Waals surface area contributed by atoms with Crippen LogP contribution in [-0.4, -0.2) is 25.8 Å². The highest BCUT2D eigenvalue weighted by atomic mass is 16.6. The number of hydrogen-bond acceptors (Lipinski definition) is 3. The van der Waals surface area contributed by atoms with Crippen LogP contribution >= 0.6 is 0 Å². The molecule has 1 aromatic carbocycles. The zero-order valence-electron chi connectivity index (χ0n) is 11.9. The van der Waals surface area contributed by atoms with Crippen LogP contribution in [0.3, 0.4) is 0 Å². The van der Waals surface area contributed by atoms with Crippen LogP contribution in [0.5, 0.6) is 11.5 Å². The molecule has 5 heteroatoms. The second-order valence-electron chi connectivity index (χ2n) is 4.77. The molecule has 0 bridgehead atoms. The van der Waals surface area contributed by atoms with E-state index in [0.29, 0.717) is 36.9 Å². The smallest absolute Gasteiger partial charge is 0.319 e. The lowest BCUT2D eigenvalue weighted by atomic mass is 10.2. The van der Waals surface area contributed by atoms with E-state index in [1.165, 1.54) is 12.8 Å². The van der Waals surface area contributed by atoms with Gasteiger partial charge in [0, 0.05) is 6.54 Å². The van der Waals surface area contributed by atoms with Gasteiger partial charge in [-0.2, -0.15) is 0 Å². The van der Waals surface area contributed by atoms with Crippen molar-refractivity contribution in [3.63, 3.8) is 0 Å². The van der Waals surface area contributed by atoms with Gasteiger partial charge in [-0.15, -0.1) is 0 Å². The van der Waals surface area contributed by atoms with Gasteiger partial charge in [0.25, 0.3) is 0 Å². The van der Waals surface area contributed by atoms with Crippen molar-refractivity contribution in [3.05, 3.63) is 18.2 Å². The number of hydrogen-bond donors (Lipinski definition) is 2. The fourth-order valence-corrected chi connectivity index (χ4v) is 2.09. The van der Waals surface area contributed by atoms with E-state index in [9.17, 15) is 4.79 Å². The molecule has 1 heterocycles. The summed E-state index contributed by atoms with van der Waals surface area (Å²) in [4.78, 5) is 11.8.